The zero-order valence-electron chi connectivity index (χ0n) is 23.3. The molecule has 1 aromatic heterocycles. The predicted molar refractivity (Wildman–Crippen MR) is 157 cm³/mol. The largest absolute Gasteiger partial charge is 0.496 e. The van der Waals surface area contributed by atoms with Crippen LogP contribution in [0, 0.1) is 0 Å². The number of likely N-dealkylation sites (N-methyl/N-ethyl adjacent to an activating group) is 2. The highest BCUT2D eigenvalue weighted by atomic mass is 16.5. The Balaban J connectivity index is 1.58. The maximum absolute atomic E-state index is 14.0. The van der Waals surface area contributed by atoms with Gasteiger partial charge in [0.25, 0.3) is 0 Å². The Bertz CT molecular complexity index is 1370. The number of amides is 1. The number of fused-ring (bicyclic) bond motifs is 1. The van der Waals surface area contributed by atoms with Gasteiger partial charge in [-0.05, 0) is 35.6 Å². The Hall–Kier alpha value is -4.14. The fourth-order valence-corrected chi connectivity index (χ4v) is 5.11. The first-order valence-corrected chi connectivity index (χ1v) is 13.6. The van der Waals surface area contributed by atoms with E-state index in [1.807, 2.05) is 90.8 Å². The number of carboxylic acid groups (broad SMARTS) is 1. The van der Waals surface area contributed by atoms with Crippen LogP contribution in [0.4, 0.5) is 0 Å². The van der Waals surface area contributed by atoms with Gasteiger partial charge in [0.1, 0.15) is 11.8 Å². The molecule has 0 saturated heterocycles. The van der Waals surface area contributed by atoms with Gasteiger partial charge < -0.3 is 19.7 Å². The number of hydrogen-bond donors (Lipinski definition) is 3. The summed E-state index contributed by atoms with van der Waals surface area (Å²) in [5, 5.41) is 12.7. The number of aliphatic carboxylic acids is 1. The lowest BCUT2D eigenvalue weighted by Gasteiger charge is -2.36. The molecule has 2 atom stereocenters. The minimum Gasteiger partial charge on any atom is -0.496 e. The summed E-state index contributed by atoms with van der Waals surface area (Å²) in [5.74, 6) is -0.236. The fourth-order valence-electron chi connectivity index (χ4n) is 5.11. The summed E-state index contributed by atoms with van der Waals surface area (Å²) >= 11 is 0. The molecular formula is C32H38N4O4. The first-order valence-electron chi connectivity index (χ1n) is 13.6. The summed E-state index contributed by atoms with van der Waals surface area (Å²) in [6.45, 7) is 2.87. The van der Waals surface area contributed by atoms with Crippen LogP contribution in [0.1, 0.15) is 30.2 Å². The second kappa shape index (κ2) is 13.8. The van der Waals surface area contributed by atoms with Crippen molar-refractivity contribution in [2.75, 3.05) is 20.7 Å². The van der Waals surface area contributed by atoms with Gasteiger partial charge in [0.15, 0.2) is 0 Å². The molecular weight excluding hydrogens is 504 g/mol. The molecule has 1 amide bonds. The molecule has 4 rings (SSSR count). The van der Waals surface area contributed by atoms with Crippen LogP contribution in [0.25, 0.3) is 10.9 Å². The number of hydrazine groups is 1. The summed E-state index contributed by atoms with van der Waals surface area (Å²) in [4.78, 5) is 31.0. The third-order valence-corrected chi connectivity index (χ3v) is 7.07. The lowest BCUT2D eigenvalue weighted by molar-refractivity contribution is -0.139. The van der Waals surface area contributed by atoms with Gasteiger partial charge in [0.05, 0.1) is 13.5 Å². The van der Waals surface area contributed by atoms with E-state index in [0.29, 0.717) is 25.9 Å². The van der Waals surface area contributed by atoms with Crippen molar-refractivity contribution >= 4 is 22.8 Å². The number of methoxy groups -OCH3 is 1. The van der Waals surface area contributed by atoms with Gasteiger partial charge in [-0.3, -0.25) is 15.0 Å². The number of rotatable bonds is 14. The van der Waals surface area contributed by atoms with E-state index in [-0.39, 0.29) is 12.3 Å². The van der Waals surface area contributed by atoms with Crippen LogP contribution >= 0.6 is 0 Å². The van der Waals surface area contributed by atoms with Gasteiger partial charge in [-0.25, -0.2) is 5.01 Å². The van der Waals surface area contributed by atoms with Crippen LogP contribution < -0.4 is 10.2 Å². The van der Waals surface area contributed by atoms with E-state index in [2.05, 4.69) is 16.5 Å². The zero-order valence-corrected chi connectivity index (χ0v) is 23.3. The normalized spacial score (nSPS) is 12.8. The number of aromatic nitrogens is 1. The van der Waals surface area contributed by atoms with Crippen LogP contribution in [-0.4, -0.2) is 64.7 Å². The van der Waals surface area contributed by atoms with Gasteiger partial charge in [-0.15, -0.1) is 0 Å². The van der Waals surface area contributed by atoms with Crippen molar-refractivity contribution in [1.29, 1.82) is 0 Å². The minimum absolute atomic E-state index is 0.0659. The molecule has 1 heterocycles. The number of carbonyl (C=O) groups excluding carboxylic acids is 1. The Morgan fingerprint density at radius 1 is 0.975 bits per heavy atom. The number of H-pyrrole nitrogens is 1. The Morgan fingerprint density at radius 3 is 2.38 bits per heavy atom. The molecule has 0 fully saturated rings. The van der Waals surface area contributed by atoms with Crippen molar-refractivity contribution in [3.8, 4) is 5.75 Å². The fraction of sp³-hybridized carbons (Fsp3) is 0.312. The minimum atomic E-state index is -0.899. The van der Waals surface area contributed by atoms with Gasteiger partial charge in [-0.1, -0.05) is 73.7 Å². The summed E-state index contributed by atoms with van der Waals surface area (Å²) in [6.07, 6.45) is 0.860. The standard InChI is InChI=1S/C32H38N4O4/c1-4-36(34-27(21-31(37)38)20-26-19-24-14-8-10-16-28(24)33-26)29(18-23-12-6-5-7-13-23)32(39)35(2)22-25-15-9-11-17-30(25)40-3/h5-17,19,27,29,33-34H,4,18,20-22H2,1-3H3,(H,37,38)/t27-,29-/m0/s1. The number of nitrogens with one attached hydrogen (secondary N) is 2. The van der Waals surface area contributed by atoms with E-state index in [1.54, 1.807) is 19.1 Å². The van der Waals surface area contributed by atoms with Crippen molar-refractivity contribution in [2.24, 2.45) is 0 Å². The highest BCUT2D eigenvalue weighted by Crippen LogP contribution is 2.21. The van der Waals surface area contributed by atoms with Gasteiger partial charge >= 0.3 is 5.97 Å². The van der Waals surface area contributed by atoms with Crippen molar-refractivity contribution < 1.29 is 19.4 Å². The van der Waals surface area contributed by atoms with Gasteiger partial charge in [0, 0.05) is 49.4 Å². The Morgan fingerprint density at radius 2 is 1.68 bits per heavy atom. The van der Waals surface area contributed by atoms with Crippen LogP contribution in [0.3, 0.4) is 0 Å². The van der Waals surface area contributed by atoms with Crippen molar-refractivity contribution in [1.82, 2.24) is 20.3 Å². The maximum atomic E-state index is 14.0. The van der Waals surface area contributed by atoms with Crippen molar-refractivity contribution in [3.05, 3.63) is 102 Å². The molecule has 0 aliphatic heterocycles. The summed E-state index contributed by atoms with van der Waals surface area (Å²) < 4.78 is 5.50. The number of carboxylic acids is 1. The molecule has 3 aromatic carbocycles. The first kappa shape index (κ1) is 28.9. The molecule has 0 unspecified atom stereocenters. The van der Waals surface area contributed by atoms with E-state index in [9.17, 15) is 14.7 Å². The monoisotopic (exact) mass is 542 g/mol. The number of nitrogens with zero attached hydrogens (tertiary/aromatic N) is 2. The Kier molecular flexibility index (Phi) is 9.94. The molecule has 4 aromatic rings. The molecule has 0 spiro atoms. The average molecular weight is 543 g/mol. The van der Waals surface area contributed by atoms with Crippen molar-refractivity contribution in [2.45, 2.75) is 44.8 Å². The number of carbonyl (C=O) groups is 2. The van der Waals surface area contributed by atoms with Crippen LogP contribution in [0.15, 0.2) is 84.9 Å². The highest BCUT2D eigenvalue weighted by Gasteiger charge is 2.30. The summed E-state index contributed by atoms with van der Waals surface area (Å²) in [5.41, 5.74) is 7.32. The van der Waals surface area contributed by atoms with Crippen LogP contribution in [0.5, 0.6) is 5.75 Å². The van der Waals surface area contributed by atoms with E-state index in [1.165, 1.54) is 0 Å². The molecule has 8 heteroatoms. The Labute approximate surface area is 235 Å². The first-order chi connectivity index (χ1) is 19.4. The average Bonchev–Trinajstić information content (AvgIpc) is 3.37. The molecule has 0 radical (unpaired) electrons. The molecule has 3 N–H and O–H groups in total. The van der Waals surface area contributed by atoms with E-state index in [4.69, 9.17) is 4.74 Å². The van der Waals surface area contributed by atoms with Gasteiger partial charge in [0.2, 0.25) is 5.91 Å². The quantitative estimate of drug-likeness (QED) is 0.201. The maximum Gasteiger partial charge on any atom is 0.304 e. The van der Waals surface area contributed by atoms with E-state index >= 15 is 0 Å². The molecule has 210 valence electrons. The second-order valence-corrected chi connectivity index (χ2v) is 10.0. The zero-order chi connectivity index (χ0) is 28.5. The number of para-hydroxylation sites is 2. The second-order valence-electron chi connectivity index (χ2n) is 10.0. The van der Waals surface area contributed by atoms with Gasteiger partial charge in [-0.2, -0.15) is 0 Å². The number of ether oxygens (including phenoxy) is 1. The third-order valence-electron chi connectivity index (χ3n) is 7.07. The predicted octanol–water partition coefficient (Wildman–Crippen LogP) is 4.66. The van der Waals surface area contributed by atoms with E-state index in [0.717, 1.165) is 33.5 Å². The number of hydrogen-bond acceptors (Lipinski definition) is 5. The smallest absolute Gasteiger partial charge is 0.304 e. The molecule has 0 bridgehead atoms. The summed E-state index contributed by atoms with van der Waals surface area (Å²) in [6, 6.07) is 26.6. The molecule has 0 aliphatic carbocycles. The highest BCUT2D eigenvalue weighted by molar-refractivity contribution is 5.82. The summed E-state index contributed by atoms with van der Waals surface area (Å²) in [7, 11) is 3.41. The molecule has 0 aliphatic rings. The molecule has 0 saturated carbocycles. The lowest BCUT2D eigenvalue weighted by atomic mass is 10.0. The van der Waals surface area contributed by atoms with Crippen LogP contribution in [0.2, 0.25) is 0 Å². The molecule has 8 nitrogen and oxygen atoms in total. The molecule has 40 heavy (non-hydrogen) atoms. The van der Waals surface area contributed by atoms with Crippen LogP contribution in [-0.2, 0) is 29.0 Å². The van der Waals surface area contributed by atoms with E-state index < -0.39 is 18.1 Å². The SMILES string of the molecule is CCN(N[C@H](CC(=O)O)Cc1cc2ccccc2[nH]1)[C@@H](Cc1ccccc1)C(=O)N(C)Cc1ccccc1OC. The number of aromatic amines is 1. The van der Waals surface area contributed by atoms with Crippen molar-refractivity contribution in [3.63, 3.8) is 0 Å². The topological polar surface area (TPSA) is 97.9 Å². The lowest BCUT2D eigenvalue weighted by Crippen LogP contribution is -2.57. The number of benzene rings is 3. The third kappa shape index (κ3) is 7.49.